The van der Waals surface area contributed by atoms with Gasteiger partial charge in [-0.1, -0.05) is 321 Å². The molecule has 0 aromatic rings. The number of aliphatic hydroxyl groups excluding tert-OH is 1. The number of hydrogen-bond donors (Lipinski definition) is 3. The summed E-state index contributed by atoms with van der Waals surface area (Å²) in [7, 11) is 1.63. The van der Waals surface area contributed by atoms with Crippen molar-refractivity contribution in [1.82, 2.24) is 5.32 Å². The molecule has 0 heterocycles. The van der Waals surface area contributed by atoms with E-state index in [4.69, 9.17) is 9.05 Å². The topological polar surface area (TPSA) is 105 Å². The Kier molecular flexibility index (Phi) is 57.3. The number of quaternary nitrogens is 1. The molecule has 448 valence electrons. The van der Waals surface area contributed by atoms with Crippen LogP contribution in [0.25, 0.3) is 0 Å². The Morgan fingerprint density at radius 1 is 0.440 bits per heavy atom. The summed E-state index contributed by atoms with van der Waals surface area (Å²) < 4.78 is 23.9. The fourth-order valence-electron chi connectivity index (χ4n) is 10.5. The molecule has 0 aromatic carbocycles. The summed E-state index contributed by atoms with van der Waals surface area (Å²) in [5.74, 6) is -0.140. The lowest BCUT2D eigenvalue weighted by atomic mass is 10.0. The van der Waals surface area contributed by atoms with Crippen LogP contribution in [0.2, 0.25) is 0 Å². The quantitative estimate of drug-likeness (QED) is 0.0243. The predicted octanol–water partition coefficient (Wildman–Crippen LogP) is 20.9. The lowest BCUT2D eigenvalue weighted by molar-refractivity contribution is -0.870. The Bertz CT molecular complexity index is 1230. The van der Waals surface area contributed by atoms with Gasteiger partial charge in [-0.3, -0.25) is 13.8 Å². The van der Waals surface area contributed by atoms with Gasteiger partial charge in [-0.05, 0) is 38.5 Å². The lowest BCUT2D eigenvalue weighted by Crippen LogP contribution is -2.46. The largest absolute Gasteiger partial charge is 0.472 e. The van der Waals surface area contributed by atoms with Gasteiger partial charge in [0.2, 0.25) is 5.91 Å². The standard InChI is InChI=1S/C66H133N2O6P/c1-6-8-10-12-14-16-18-20-22-24-26-28-29-30-31-32-33-34-35-36-37-38-40-41-43-45-47-49-51-53-55-57-59-65(69)64(63-74-75(71,72)73-62-61-68(3,4)5)67-66(70)60-58-56-54-52-50-48-46-44-42-39-27-25-23-21-19-17-15-13-11-9-7-2/h25,27,64-65,69H,6-24,26,28-63H2,1-5H3,(H-,67,70,71,72)/p+1/b27-25-. The van der Waals surface area contributed by atoms with Gasteiger partial charge in [-0.15, -0.1) is 0 Å². The highest BCUT2D eigenvalue weighted by Crippen LogP contribution is 2.43. The zero-order valence-electron chi connectivity index (χ0n) is 51.3. The molecule has 3 N–H and O–H groups in total. The molecular weight excluding hydrogens is 948 g/mol. The number of carbonyl (C=O) groups is 1. The van der Waals surface area contributed by atoms with Gasteiger partial charge >= 0.3 is 7.82 Å². The summed E-state index contributed by atoms with van der Waals surface area (Å²) in [4.78, 5) is 23.4. The highest BCUT2D eigenvalue weighted by Gasteiger charge is 2.28. The SMILES string of the molecule is CCCCCCCCCC/C=C\CCCCCCCCCCCC(=O)NC(COP(=O)(O)OCC[N+](C)(C)C)C(O)CCCCCCCCCCCCCCCCCCCCCCCCCCCCCCCCCC. The summed E-state index contributed by atoms with van der Waals surface area (Å²) in [5, 5.41) is 14.1. The van der Waals surface area contributed by atoms with Gasteiger partial charge in [0.1, 0.15) is 13.2 Å². The van der Waals surface area contributed by atoms with E-state index in [2.05, 4.69) is 31.3 Å². The molecule has 0 aliphatic carbocycles. The molecule has 3 atom stereocenters. The molecule has 75 heavy (non-hydrogen) atoms. The summed E-state index contributed by atoms with van der Waals surface area (Å²) in [6.07, 6.45) is 73.1. The number of hydrogen-bond acceptors (Lipinski definition) is 5. The van der Waals surface area contributed by atoms with Gasteiger partial charge < -0.3 is 19.8 Å². The molecule has 0 aliphatic rings. The third-order valence-corrected chi connectivity index (χ3v) is 16.7. The van der Waals surface area contributed by atoms with Crippen molar-refractivity contribution in [2.24, 2.45) is 0 Å². The molecule has 0 radical (unpaired) electrons. The minimum absolute atomic E-state index is 0.0770. The minimum atomic E-state index is -4.33. The van der Waals surface area contributed by atoms with Crippen molar-refractivity contribution < 1.29 is 32.9 Å². The van der Waals surface area contributed by atoms with E-state index >= 15 is 0 Å². The first-order valence-electron chi connectivity index (χ1n) is 33.6. The Morgan fingerprint density at radius 2 is 0.720 bits per heavy atom. The Balaban J connectivity index is 4.00. The molecule has 0 fully saturated rings. The molecule has 0 saturated carbocycles. The highest BCUT2D eigenvalue weighted by molar-refractivity contribution is 7.47. The molecule has 0 saturated heterocycles. The number of nitrogens with one attached hydrogen (secondary N) is 1. The highest BCUT2D eigenvalue weighted by atomic mass is 31.2. The fraction of sp³-hybridized carbons (Fsp3) is 0.955. The normalized spacial score (nSPS) is 13.7. The minimum Gasteiger partial charge on any atom is -0.391 e. The van der Waals surface area contributed by atoms with E-state index in [-0.39, 0.29) is 19.1 Å². The van der Waals surface area contributed by atoms with E-state index in [0.29, 0.717) is 23.9 Å². The maximum Gasteiger partial charge on any atom is 0.472 e. The van der Waals surface area contributed by atoms with Gasteiger partial charge in [-0.25, -0.2) is 4.57 Å². The van der Waals surface area contributed by atoms with E-state index in [1.54, 1.807) is 0 Å². The summed E-state index contributed by atoms with van der Waals surface area (Å²) in [6, 6.07) is -0.760. The zero-order valence-corrected chi connectivity index (χ0v) is 52.2. The van der Waals surface area contributed by atoms with Crippen LogP contribution >= 0.6 is 7.82 Å². The van der Waals surface area contributed by atoms with Crippen molar-refractivity contribution >= 4 is 13.7 Å². The second-order valence-corrected chi connectivity index (χ2v) is 26.0. The van der Waals surface area contributed by atoms with Crippen LogP contribution < -0.4 is 5.32 Å². The van der Waals surface area contributed by atoms with Crippen LogP contribution in [0.15, 0.2) is 12.2 Å². The lowest BCUT2D eigenvalue weighted by Gasteiger charge is -2.26. The summed E-state index contributed by atoms with van der Waals surface area (Å²) >= 11 is 0. The van der Waals surface area contributed by atoms with Crippen LogP contribution in [0, 0.1) is 0 Å². The van der Waals surface area contributed by atoms with E-state index in [1.807, 2.05) is 21.1 Å². The Morgan fingerprint density at radius 3 is 1.03 bits per heavy atom. The van der Waals surface area contributed by atoms with Crippen molar-refractivity contribution in [1.29, 1.82) is 0 Å². The Labute approximate surface area is 469 Å². The first-order chi connectivity index (χ1) is 36.5. The first-order valence-corrected chi connectivity index (χ1v) is 35.0. The van der Waals surface area contributed by atoms with Crippen LogP contribution in [0.5, 0.6) is 0 Å². The number of amides is 1. The number of allylic oxidation sites excluding steroid dienone is 2. The molecular formula is C66H134N2O6P+. The second kappa shape index (κ2) is 57.9. The van der Waals surface area contributed by atoms with Crippen LogP contribution in [0.1, 0.15) is 354 Å². The maximum absolute atomic E-state index is 13.0. The number of aliphatic hydroxyl groups is 1. The molecule has 3 unspecified atom stereocenters. The van der Waals surface area contributed by atoms with Crippen molar-refractivity contribution in [3.8, 4) is 0 Å². The van der Waals surface area contributed by atoms with Crippen molar-refractivity contribution in [3.05, 3.63) is 12.2 Å². The Hall–Kier alpha value is -0.760. The van der Waals surface area contributed by atoms with Gasteiger partial charge in [-0.2, -0.15) is 0 Å². The molecule has 1 amide bonds. The predicted molar refractivity (Wildman–Crippen MR) is 328 cm³/mol. The third-order valence-electron chi connectivity index (χ3n) is 15.8. The number of phosphoric ester groups is 1. The number of likely N-dealkylation sites (N-methyl/N-ethyl adjacent to an activating group) is 1. The molecule has 8 nitrogen and oxygen atoms in total. The van der Waals surface area contributed by atoms with Crippen LogP contribution in [-0.2, 0) is 18.4 Å². The van der Waals surface area contributed by atoms with Crippen molar-refractivity contribution in [2.75, 3.05) is 40.9 Å². The van der Waals surface area contributed by atoms with Crippen molar-refractivity contribution in [2.45, 2.75) is 366 Å². The monoisotopic (exact) mass is 1080 g/mol. The maximum atomic E-state index is 13.0. The molecule has 0 spiro atoms. The van der Waals surface area contributed by atoms with E-state index < -0.39 is 20.0 Å². The van der Waals surface area contributed by atoms with Gasteiger partial charge in [0.25, 0.3) is 0 Å². The molecule has 0 aliphatic heterocycles. The third kappa shape index (κ3) is 60.7. The smallest absolute Gasteiger partial charge is 0.391 e. The van der Waals surface area contributed by atoms with E-state index in [9.17, 15) is 19.4 Å². The van der Waals surface area contributed by atoms with Gasteiger partial charge in [0, 0.05) is 6.42 Å². The van der Waals surface area contributed by atoms with E-state index in [1.165, 1.54) is 289 Å². The average molecular weight is 1080 g/mol. The fourth-order valence-corrected chi connectivity index (χ4v) is 11.3. The zero-order chi connectivity index (χ0) is 54.9. The molecule has 9 heteroatoms. The molecule has 0 rings (SSSR count). The van der Waals surface area contributed by atoms with Crippen LogP contribution in [0.3, 0.4) is 0 Å². The summed E-state index contributed by atoms with van der Waals surface area (Å²) in [5.41, 5.74) is 0. The molecule has 0 aromatic heterocycles. The van der Waals surface area contributed by atoms with Gasteiger partial charge in [0.05, 0.1) is 39.9 Å². The number of carbonyl (C=O) groups excluding carboxylic acids is 1. The number of unbranched alkanes of at least 4 members (excludes halogenated alkanes) is 48. The van der Waals surface area contributed by atoms with Crippen molar-refractivity contribution in [3.63, 3.8) is 0 Å². The van der Waals surface area contributed by atoms with Crippen LogP contribution in [0.4, 0.5) is 0 Å². The van der Waals surface area contributed by atoms with Crippen LogP contribution in [-0.4, -0.2) is 73.4 Å². The molecule has 0 bridgehead atoms. The van der Waals surface area contributed by atoms with E-state index in [0.717, 1.165) is 38.5 Å². The number of nitrogens with zero attached hydrogens (tertiary/aromatic N) is 1. The number of phosphoric acid groups is 1. The van der Waals surface area contributed by atoms with Gasteiger partial charge in [0.15, 0.2) is 0 Å². The number of rotatable bonds is 63. The first kappa shape index (κ1) is 74.2. The summed E-state index contributed by atoms with van der Waals surface area (Å²) in [6.45, 7) is 4.95. The average Bonchev–Trinajstić information content (AvgIpc) is 3.37. The second-order valence-electron chi connectivity index (χ2n) is 24.6.